The molecule has 0 aliphatic heterocycles. The van der Waals surface area contributed by atoms with E-state index in [4.69, 9.17) is 5.11 Å². The molecule has 0 saturated carbocycles. The van der Waals surface area contributed by atoms with Gasteiger partial charge < -0.3 is 15.7 Å². The van der Waals surface area contributed by atoms with Crippen molar-refractivity contribution in [3.63, 3.8) is 0 Å². The Morgan fingerprint density at radius 2 is 1.55 bits per heavy atom. The summed E-state index contributed by atoms with van der Waals surface area (Å²) in [5.74, 6) is 0.541. The lowest BCUT2D eigenvalue weighted by atomic mass is 9.94. The van der Waals surface area contributed by atoms with Crippen LogP contribution in [-0.4, -0.2) is 30.2 Å². The summed E-state index contributed by atoms with van der Waals surface area (Å²) in [5, 5.41) is 14.5. The van der Waals surface area contributed by atoms with Gasteiger partial charge in [-0.15, -0.1) is 0 Å². The Morgan fingerprint density at radius 1 is 1.00 bits per heavy atom. The van der Waals surface area contributed by atoms with Gasteiger partial charge in [-0.1, -0.05) is 34.6 Å². The van der Waals surface area contributed by atoms with Crippen molar-refractivity contribution in [2.24, 2.45) is 23.7 Å². The maximum absolute atomic E-state index is 11.7. The molecule has 0 aliphatic rings. The van der Waals surface area contributed by atoms with Crippen molar-refractivity contribution < 1.29 is 14.7 Å². The summed E-state index contributed by atoms with van der Waals surface area (Å²) in [6.07, 6.45) is 0.899. The van der Waals surface area contributed by atoms with E-state index in [1.807, 2.05) is 0 Å². The minimum absolute atomic E-state index is 0.0132. The van der Waals surface area contributed by atoms with E-state index in [0.717, 1.165) is 6.42 Å². The summed E-state index contributed by atoms with van der Waals surface area (Å²) >= 11 is 0. The number of carboxylic acids is 1. The molecule has 0 radical (unpaired) electrons. The smallest absolute Gasteiger partial charge is 0.314 e. The van der Waals surface area contributed by atoms with Crippen LogP contribution in [0.1, 0.15) is 47.5 Å². The molecule has 0 aromatic rings. The lowest BCUT2D eigenvalue weighted by molar-refractivity contribution is -0.138. The Balaban J connectivity index is 4.06. The van der Waals surface area contributed by atoms with Crippen LogP contribution in [0.25, 0.3) is 0 Å². The normalized spacial score (nSPS) is 14.2. The van der Waals surface area contributed by atoms with Gasteiger partial charge in [0.15, 0.2) is 0 Å². The maximum Gasteiger partial charge on any atom is 0.314 e. The molecule has 3 N–H and O–H groups in total. The molecule has 0 saturated heterocycles. The molecule has 118 valence electrons. The molecule has 20 heavy (non-hydrogen) atoms. The molecule has 5 heteroatoms. The zero-order chi connectivity index (χ0) is 15.7. The highest BCUT2D eigenvalue weighted by atomic mass is 16.4. The molecule has 0 heterocycles. The molecule has 0 fully saturated rings. The Bertz CT molecular complexity index is 303. The van der Waals surface area contributed by atoms with E-state index in [1.54, 1.807) is 0 Å². The predicted molar refractivity (Wildman–Crippen MR) is 80.6 cm³/mol. The third kappa shape index (κ3) is 9.64. The van der Waals surface area contributed by atoms with Gasteiger partial charge in [-0.25, -0.2) is 4.79 Å². The molecule has 0 aromatic carbocycles. The van der Waals surface area contributed by atoms with Crippen LogP contribution < -0.4 is 10.6 Å². The standard InChI is InChI=1S/C15H30N2O3/c1-10(2)6-13(7-14(18)19)9-17-15(20)16-8-12(5)11(3)4/h10-13H,6-9H2,1-5H3,(H,18,19)(H2,16,17,20). The highest BCUT2D eigenvalue weighted by Gasteiger charge is 2.16. The van der Waals surface area contributed by atoms with E-state index in [1.165, 1.54) is 0 Å². The van der Waals surface area contributed by atoms with Gasteiger partial charge >= 0.3 is 12.0 Å². The van der Waals surface area contributed by atoms with Crippen molar-refractivity contribution in [1.82, 2.24) is 10.6 Å². The molecule has 0 rings (SSSR count). The number of nitrogens with one attached hydrogen (secondary N) is 2. The molecule has 0 aromatic heterocycles. The number of amides is 2. The van der Waals surface area contributed by atoms with Gasteiger partial charge in [-0.2, -0.15) is 0 Å². The van der Waals surface area contributed by atoms with E-state index in [2.05, 4.69) is 45.3 Å². The topological polar surface area (TPSA) is 78.4 Å². The number of carbonyl (C=O) groups is 2. The Hall–Kier alpha value is -1.26. The first-order valence-electron chi connectivity index (χ1n) is 7.45. The van der Waals surface area contributed by atoms with Crippen molar-refractivity contribution in [2.45, 2.75) is 47.5 Å². The van der Waals surface area contributed by atoms with E-state index in [0.29, 0.717) is 30.8 Å². The van der Waals surface area contributed by atoms with Crippen molar-refractivity contribution in [3.8, 4) is 0 Å². The first kappa shape index (κ1) is 18.7. The number of hydrogen-bond acceptors (Lipinski definition) is 2. The Morgan fingerprint density at radius 3 is 2.00 bits per heavy atom. The van der Waals surface area contributed by atoms with Gasteiger partial charge in [0.1, 0.15) is 0 Å². The molecule has 2 atom stereocenters. The number of urea groups is 1. The average molecular weight is 286 g/mol. The third-order valence-corrected chi connectivity index (χ3v) is 3.54. The largest absolute Gasteiger partial charge is 0.481 e. The average Bonchev–Trinajstić information content (AvgIpc) is 2.31. The lowest BCUT2D eigenvalue weighted by Gasteiger charge is -2.19. The first-order chi connectivity index (χ1) is 9.22. The summed E-state index contributed by atoms with van der Waals surface area (Å²) in [6, 6.07) is -0.211. The van der Waals surface area contributed by atoms with E-state index >= 15 is 0 Å². The van der Waals surface area contributed by atoms with Crippen LogP contribution >= 0.6 is 0 Å². The van der Waals surface area contributed by atoms with Crippen molar-refractivity contribution in [2.75, 3.05) is 13.1 Å². The number of rotatable bonds is 9. The first-order valence-corrected chi connectivity index (χ1v) is 7.45. The zero-order valence-electron chi connectivity index (χ0n) is 13.4. The van der Waals surface area contributed by atoms with Crippen LogP contribution in [0.15, 0.2) is 0 Å². The molecule has 2 unspecified atom stereocenters. The summed E-state index contributed by atoms with van der Waals surface area (Å²) in [5.41, 5.74) is 0. The third-order valence-electron chi connectivity index (χ3n) is 3.54. The quantitative estimate of drug-likeness (QED) is 0.610. The van der Waals surface area contributed by atoms with Crippen molar-refractivity contribution in [1.29, 1.82) is 0 Å². The molecular weight excluding hydrogens is 256 g/mol. The zero-order valence-corrected chi connectivity index (χ0v) is 13.4. The SMILES string of the molecule is CC(C)CC(CNC(=O)NCC(C)C(C)C)CC(=O)O. The van der Waals surface area contributed by atoms with Crippen LogP contribution in [0.4, 0.5) is 4.79 Å². The second kappa shape index (κ2) is 9.61. The van der Waals surface area contributed by atoms with Gasteiger partial charge in [0.25, 0.3) is 0 Å². The fraction of sp³-hybridized carbons (Fsp3) is 0.867. The fourth-order valence-corrected chi connectivity index (χ4v) is 1.94. The predicted octanol–water partition coefficient (Wildman–Crippen LogP) is 2.71. The molecule has 0 aliphatic carbocycles. The summed E-state index contributed by atoms with van der Waals surface area (Å²) in [4.78, 5) is 22.5. The van der Waals surface area contributed by atoms with Crippen LogP contribution in [0.5, 0.6) is 0 Å². The number of carboxylic acid groups (broad SMARTS) is 1. The lowest BCUT2D eigenvalue weighted by Crippen LogP contribution is -2.41. The number of hydrogen-bond donors (Lipinski definition) is 3. The van der Waals surface area contributed by atoms with E-state index < -0.39 is 5.97 Å². The van der Waals surface area contributed by atoms with Crippen LogP contribution in [0.3, 0.4) is 0 Å². The van der Waals surface area contributed by atoms with Gasteiger partial charge in [0, 0.05) is 19.5 Å². The second-order valence-corrected chi connectivity index (χ2v) is 6.41. The Labute approximate surface area is 122 Å². The van der Waals surface area contributed by atoms with Crippen LogP contribution in [0.2, 0.25) is 0 Å². The summed E-state index contributed by atoms with van der Waals surface area (Å²) < 4.78 is 0. The fourth-order valence-electron chi connectivity index (χ4n) is 1.94. The molecular formula is C15H30N2O3. The second-order valence-electron chi connectivity index (χ2n) is 6.41. The maximum atomic E-state index is 11.7. The van der Waals surface area contributed by atoms with Crippen molar-refractivity contribution in [3.05, 3.63) is 0 Å². The van der Waals surface area contributed by atoms with Gasteiger partial charge in [0.2, 0.25) is 0 Å². The minimum atomic E-state index is -0.814. The summed E-state index contributed by atoms with van der Waals surface area (Å²) in [6.45, 7) is 11.5. The molecule has 0 bridgehead atoms. The molecule has 2 amide bonds. The van der Waals surface area contributed by atoms with Crippen LogP contribution in [0, 0.1) is 23.7 Å². The minimum Gasteiger partial charge on any atom is -0.481 e. The molecule has 5 nitrogen and oxygen atoms in total. The summed E-state index contributed by atoms with van der Waals surface area (Å²) in [7, 11) is 0. The Kier molecular flexibility index (Phi) is 9.01. The number of carbonyl (C=O) groups excluding carboxylic acids is 1. The highest BCUT2D eigenvalue weighted by molar-refractivity contribution is 5.74. The van der Waals surface area contributed by atoms with Gasteiger partial charge in [0.05, 0.1) is 0 Å². The monoisotopic (exact) mass is 286 g/mol. The van der Waals surface area contributed by atoms with Crippen molar-refractivity contribution >= 4 is 12.0 Å². The van der Waals surface area contributed by atoms with E-state index in [-0.39, 0.29) is 18.4 Å². The molecule has 0 spiro atoms. The van der Waals surface area contributed by atoms with E-state index in [9.17, 15) is 9.59 Å². The van der Waals surface area contributed by atoms with Gasteiger partial charge in [-0.3, -0.25) is 4.79 Å². The highest BCUT2D eigenvalue weighted by Crippen LogP contribution is 2.14. The number of aliphatic carboxylic acids is 1. The van der Waals surface area contributed by atoms with Gasteiger partial charge in [-0.05, 0) is 30.1 Å². The van der Waals surface area contributed by atoms with Crippen LogP contribution in [-0.2, 0) is 4.79 Å².